The number of nitrogens with one attached hydrogen (secondary N) is 1. The van der Waals surface area contributed by atoms with Gasteiger partial charge in [0.2, 0.25) is 11.7 Å². The van der Waals surface area contributed by atoms with Crippen molar-refractivity contribution < 1.29 is 24.3 Å². The van der Waals surface area contributed by atoms with E-state index in [2.05, 4.69) is 39.2 Å². The highest BCUT2D eigenvalue weighted by atomic mass is 16.5. The van der Waals surface area contributed by atoms with Crippen LogP contribution in [0.15, 0.2) is 28.8 Å². The number of aryl methyl sites for hydroxylation is 3. The molecule has 0 spiro atoms. The molecule has 0 fully saturated rings. The van der Waals surface area contributed by atoms with Crippen LogP contribution in [0, 0.1) is 13.8 Å². The Hall–Kier alpha value is -3.50. The van der Waals surface area contributed by atoms with Gasteiger partial charge in [0, 0.05) is 36.5 Å². The monoisotopic (exact) mass is 497 g/mol. The molecule has 1 atom stereocenters. The van der Waals surface area contributed by atoms with Crippen LogP contribution in [0.4, 0.5) is 5.82 Å². The maximum absolute atomic E-state index is 11.2. The molecule has 36 heavy (non-hydrogen) atoms. The van der Waals surface area contributed by atoms with Crippen molar-refractivity contribution in [2.45, 2.75) is 53.2 Å². The first-order valence-electron chi connectivity index (χ1n) is 12.0. The van der Waals surface area contributed by atoms with Gasteiger partial charge in [0.1, 0.15) is 30.9 Å². The van der Waals surface area contributed by atoms with Gasteiger partial charge < -0.3 is 29.7 Å². The Morgan fingerprint density at radius 2 is 1.92 bits per heavy atom. The summed E-state index contributed by atoms with van der Waals surface area (Å²) < 4.78 is 11.5. The van der Waals surface area contributed by atoms with Crippen LogP contribution in [0.25, 0.3) is 22.8 Å². The molecular formula is C26H35N5O5. The van der Waals surface area contributed by atoms with Gasteiger partial charge in [0.15, 0.2) is 0 Å². The maximum atomic E-state index is 11.2. The zero-order valence-electron chi connectivity index (χ0n) is 21.7. The van der Waals surface area contributed by atoms with E-state index in [1.165, 1.54) is 0 Å². The van der Waals surface area contributed by atoms with Gasteiger partial charge >= 0.3 is 0 Å². The zero-order chi connectivity index (χ0) is 26.4. The van der Waals surface area contributed by atoms with E-state index in [1.807, 2.05) is 52.1 Å². The average molecular weight is 498 g/mol. The van der Waals surface area contributed by atoms with Gasteiger partial charge in [-0.3, -0.25) is 4.79 Å². The van der Waals surface area contributed by atoms with E-state index in [0.717, 1.165) is 33.8 Å². The number of anilines is 1. The summed E-state index contributed by atoms with van der Waals surface area (Å²) in [5, 5.41) is 25.5. The summed E-state index contributed by atoms with van der Waals surface area (Å²) in [5.41, 5.74) is 4.25. The van der Waals surface area contributed by atoms with Crippen molar-refractivity contribution >= 4 is 11.7 Å². The van der Waals surface area contributed by atoms with Crippen LogP contribution in [0.5, 0.6) is 5.75 Å². The Bertz CT molecular complexity index is 1190. The fourth-order valence-electron chi connectivity index (χ4n) is 3.65. The molecule has 0 radical (unpaired) electrons. The fourth-order valence-corrected chi connectivity index (χ4v) is 3.65. The molecule has 0 aliphatic carbocycles. The normalized spacial score (nSPS) is 12.0. The summed E-state index contributed by atoms with van der Waals surface area (Å²) in [7, 11) is 2.00. The molecule has 0 bridgehead atoms. The minimum atomic E-state index is -0.911. The number of aliphatic hydroxyl groups is 2. The molecule has 2 heterocycles. The summed E-state index contributed by atoms with van der Waals surface area (Å²) in [6.07, 6.45) is -0.220. The van der Waals surface area contributed by atoms with Gasteiger partial charge in [-0.05, 0) is 69.5 Å². The summed E-state index contributed by atoms with van der Waals surface area (Å²) >= 11 is 0. The third kappa shape index (κ3) is 6.58. The lowest BCUT2D eigenvalue weighted by molar-refractivity contribution is -0.124. The number of aromatic nitrogens is 3. The number of nitrogens with zero attached hydrogens (tertiary/aromatic N) is 4. The molecular weight excluding hydrogens is 462 g/mol. The number of benzene rings is 1. The van der Waals surface area contributed by atoms with Crippen molar-refractivity contribution in [2.24, 2.45) is 0 Å². The standard InChI is InChI=1S/C26H35N5O5/c1-7-18-10-20(8-16(4)24(18)35-14-21(33)12-27-23(34)13-32)26-29-25(30-36-26)19-9-17(5)28-22(11-19)31(6)15(2)3/h8-11,15,21,32-33H,7,12-14H2,1-6H3,(H,27,34)/t21-/m0/s1. The highest BCUT2D eigenvalue weighted by Crippen LogP contribution is 2.32. The zero-order valence-corrected chi connectivity index (χ0v) is 21.7. The van der Waals surface area contributed by atoms with Crippen molar-refractivity contribution in [3.05, 3.63) is 41.1 Å². The molecule has 0 saturated carbocycles. The number of carbonyl (C=O) groups is 1. The van der Waals surface area contributed by atoms with Crippen LogP contribution in [0.2, 0.25) is 0 Å². The number of amides is 1. The summed E-state index contributed by atoms with van der Waals surface area (Å²) in [6, 6.07) is 8.02. The van der Waals surface area contributed by atoms with Gasteiger partial charge in [-0.25, -0.2) is 4.98 Å². The maximum Gasteiger partial charge on any atom is 0.258 e. The molecule has 2 aromatic heterocycles. The Balaban J connectivity index is 1.81. The van der Waals surface area contributed by atoms with E-state index in [1.54, 1.807) is 0 Å². The molecule has 10 heteroatoms. The smallest absolute Gasteiger partial charge is 0.258 e. The third-order valence-electron chi connectivity index (χ3n) is 5.84. The first kappa shape index (κ1) is 27.1. The number of hydrogen-bond donors (Lipinski definition) is 3. The second-order valence-corrected chi connectivity index (χ2v) is 9.05. The first-order chi connectivity index (χ1) is 17.1. The molecule has 0 unspecified atom stereocenters. The minimum Gasteiger partial charge on any atom is -0.490 e. The Kier molecular flexibility index (Phi) is 9.00. The summed E-state index contributed by atoms with van der Waals surface area (Å²) in [5.74, 6) is 1.84. The van der Waals surface area contributed by atoms with Crippen molar-refractivity contribution in [3.63, 3.8) is 0 Å². The SMILES string of the molecule is CCc1cc(-c2nc(-c3cc(C)nc(N(C)C(C)C)c3)no2)cc(C)c1OC[C@@H](O)CNC(=O)CO. The Morgan fingerprint density at radius 1 is 1.17 bits per heavy atom. The molecule has 1 amide bonds. The van der Waals surface area contributed by atoms with E-state index in [4.69, 9.17) is 14.4 Å². The lowest BCUT2D eigenvalue weighted by atomic mass is 10.0. The topological polar surface area (TPSA) is 134 Å². The summed E-state index contributed by atoms with van der Waals surface area (Å²) in [6.45, 7) is 9.44. The number of ether oxygens (including phenoxy) is 1. The third-order valence-corrected chi connectivity index (χ3v) is 5.84. The first-order valence-corrected chi connectivity index (χ1v) is 12.0. The van der Waals surface area contributed by atoms with Crippen LogP contribution in [-0.2, 0) is 11.2 Å². The highest BCUT2D eigenvalue weighted by Gasteiger charge is 2.18. The van der Waals surface area contributed by atoms with Gasteiger partial charge in [-0.1, -0.05) is 12.1 Å². The number of rotatable bonds is 11. The van der Waals surface area contributed by atoms with Gasteiger partial charge in [-0.2, -0.15) is 4.98 Å². The van der Waals surface area contributed by atoms with Crippen molar-refractivity contribution in [1.29, 1.82) is 0 Å². The summed E-state index contributed by atoms with van der Waals surface area (Å²) in [4.78, 5) is 22.5. The predicted molar refractivity (Wildman–Crippen MR) is 137 cm³/mol. The molecule has 194 valence electrons. The largest absolute Gasteiger partial charge is 0.490 e. The molecule has 0 aliphatic heterocycles. The Morgan fingerprint density at radius 3 is 2.58 bits per heavy atom. The molecule has 0 saturated heterocycles. The van der Waals surface area contributed by atoms with Crippen LogP contribution < -0.4 is 15.0 Å². The van der Waals surface area contributed by atoms with E-state index < -0.39 is 18.6 Å². The molecule has 3 N–H and O–H groups in total. The predicted octanol–water partition coefficient (Wildman–Crippen LogP) is 2.67. The van der Waals surface area contributed by atoms with Crippen LogP contribution in [0.1, 0.15) is 37.6 Å². The fraction of sp³-hybridized carbons (Fsp3) is 0.462. The van der Waals surface area contributed by atoms with E-state index in [-0.39, 0.29) is 13.2 Å². The molecule has 0 aliphatic rings. The van der Waals surface area contributed by atoms with Crippen LogP contribution >= 0.6 is 0 Å². The molecule has 10 nitrogen and oxygen atoms in total. The highest BCUT2D eigenvalue weighted by molar-refractivity contribution is 5.76. The number of aliphatic hydroxyl groups excluding tert-OH is 2. The number of hydrogen-bond acceptors (Lipinski definition) is 9. The lowest BCUT2D eigenvalue weighted by Gasteiger charge is -2.23. The van der Waals surface area contributed by atoms with Crippen molar-refractivity contribution in [2.75, 3.05) is 31.7 Å². The Labute approximate surface area is 211 Å². The van der Waals surface area contributed by atoms with Crippen molar-refractivity contribution in [1.82, 2.24) is 20.4 Å². The minimum absolute atomic E-state index is 0.00183. The van der Waals surface area contributed by atoms with E-state index >= 15 is 0 Å². The second kappa shape index (κ2) is 12.0. The molecule has 1 aromatic carbocycles. The molecule has 3 rings (SSSR count). The van der Waals surface area contributed by atoms with E-state index in [0.29, 0.717) is 29.9 Å². The van der Waals surface area contributed by atoms with Crippen LogP contribution in [0.3, 0.4) is 0 Å². The van der Waals surface area contributed by atoms with Gasteiger partial charge in [0.25, 0.3) is 5.89 Å². The van der Waals surface area contributed by atoms with Crippen LogP contribution in [-0.4, -0.2) is 70.2 Å². The lowest BCUT2D eigenvalue weighted by Crippen LogP contribution is -2.36. The number of pyridine rings is 1. The average Bonchev–Trinajstić information content (AvgIpc) is 3.35. The quantitative estimate of drug-likeness (QED) is 0.365. The van der Waals surface area contributed by atoms with Gasteiger partial charge in [-0.15, -0.1) is 0 Å². The van der Waals surface area contributed by atoms with Crippen molar-refractivity contribution in [3.8, 4) is 28.6 Å². The second-order valence-electron chi connectivity index (χ2n) is 9.05. The van der Waals surface area contributed by atoms with Gasteiger partial charge in [0.05, 0.1) is 0 Å². The molecule has 3 aromatic rings. The number of carbonyl (C=O) groups excluding carboxylic acids is 1. The van der Waals surface area contributed by atoms with E-state index in [9.17, 15) is 9.90 Å².